The summed E-state index contributed by atoms with van der Waals surface area (Å²) in [5, 5.41) is 1.19. The molecule has 0 spiro atoms. The lowest BCUT2D eigenvalue weighted by atomic mass is 10.1. The second-order valence-electron chi connectivity index (χ2n) is 5.26. The minimum atomic E-state index is 0.0342. The van der Waals surface area contributed by atoms with E-state index < -0.39 is 0 Å². The molecule has 0 bridgehead atoms. The Morgan fingerprint density at radius 3 is 2.39 bits per heavy atom. The van der Waals surface area contributed by atoms with Gasteiger partial charge in [-0.2, -0.15) is 0 Å². The number of carbonyl (C=O) groups excluding carboxylic acids is 1. The van der Waals surface area contributed by atoms with Gasteiger partial charge in [-0.25, -0.2) is 0 Å². The van der Waals surface area contributed by atoms with Crippen molar-refractivity contribution in [3.05, 3.63) is 63.6 Å². The molecule has 23 heavy (non-hydrogen) atoms. The number of methoxy groups -OCH3 is 1. The third kappa shape index (κ3) is 4.63. The molecule has 0 saturated heterocycles. The van der Waals surface area contributed by atoms with Gasteiger partial charge in [-0.05, 0) is 30.2 Å². The molecule has 0 radical (unpaired) electrons. The standard InChI is InChI=1S/C18H19Cl2NO2/c1-21(12-13-6-3-4-9-17(13)23-2)18(22)11-10-14-15(19)7-5-8-16(14)20/h3-9H,10-12H2,1-2H3. The number of halogens is 2. The lowest BCUT2D eigenvalue weighted by molar-refractivity contribution is -0.130. The van der Waals surface area contributed by atoms with E-state index in [4.69, 9.17) is 27.9 Å². The molecule has 0 fully saturated rings. The first-order valence-electron chi connectivity index (χ1n) is 7.31. The topological polar surface area (TPSA) is 29.5 Å². The van der Waals surface area contributed by atoms with Crippen LogP contribution in [0.15, 0.2) is 42.5 Å². The van der Waals surface area contributed by atoms with E-state index >= 15 is 0 Å². The maximum atomic E-state index is 12.3. The Balaban J connectivity index is 1.98. The Bertz CT molecular complexity index is 668. The normalized spacial score (nSPS) is 10.4. The van der Waals surface area contributed by atoms with Crippen LogP contribution < -0.4 is 4.74 Å². The molecular formula is C18H19Cl2NO2. The summed E-state index contributed by atoms with van der Waals surface area (Å²) in [6.45, 7) is 0.499. The van der Waals surface area contributed by atoms with Gasteiger partial charge in [0.1, 0.15) is 5.75 Å². The van der Waals surface area contributed by atoms with E-state index in [0.717, 1.165) is 16.9 Å². The molecule has 2 rings (SSSR count). The predicted molar refractivity (Wildman–Crippen MR) is 94.3 cm³/mol. The lowest BCUT2D eigenvalue weighted by Gasteiger charge is -2.19. The van der Waals surface area contributed by atoms with Crippen molar-refractivity contribution in [3.63, 3.8) is 0 Å². The molecule has 0 N–H and O–H groups in total. The van der Waals surface area contributed by atoms with Gasteiger partial charge in [0, 0.05) is 35.6 Å². The van der Waals surface area contributed by atoms with Crippen LogP contribution in [0.3, 0.4) is 0 Å². The van der Waals surface area contributed by atoms with Crippen molar-refractivity contribution in [2.24, 2.45) is 0 Å². The third-order valence-corrected chi connectivity index (χ3v) is 4.38. The summed E-state index contributed by atoms with van der Waals surface area (Å²) in [5.41, 5.74) is 1.79. The molecule has 0 heterocycles. The van der Waals surface area contributed by atoms with E-state index in [1.165, 1.54) is 0 Å². The molecule has 0 saturated carbocycles. The average Bonchev–Trinajstić information content (AvgIpc) is 2.54. The Kier molecular flexibility index (Phi) is 6.31. The van der Waals surface area contributed by atoms with Gasteiger partial charge < -0.3 is 9.64 Å². The third-order valence-electron chi connectivity index (χ3n) is 3.68. The first-order chi connectivity index (χ1) is 11.0. The number of hydrogen-bond donors (Lipinski definition) is 0. The molecule has 1 amide bonds. The number of nitrogens with zero attached hydrogens (tertiary/aromatic N) is 1. The minimum absolute atomic E-state index is 0.0342. The summed E-state index contributed by atoms with van der Waals surface area (Å²) in [6, 6.07) is 13.0. The van der Waals surface area contributed by atoms with E-state index in [2.05, 4.69) is 0 Å². The molecular weight excluding hydrogens is 333 g/mol. The van der Waals surface area contributed by atoms with Gasteiger partial charge in [-0.1, -0.05) is 47.5 Å². The Morgan fingerprint density at radius 2 is 1.74 bits per heavy atom. The average molecular weight is 352 g/mol. The van der Waals surface area contributed by atoms with Crippen molar-refractivity contribution in [1.82, 2.24) is 4.90 Å². The van der Waals surface area contributed by atoms with Crippen molar-refractivity contribution >= 4 is 29.1 Å². The zero-order valence-corrected chi connectivity index (χ0v) is 14.7. The number of carbonyl (C=O) groups is 1. The van der Waals surface area contributed by atoms with Crippen LogP contribution in [0.25, 0.3) is 0 Å². The maximum Gasteiger partial charge on any atom is 0.222 e. The van der Waals surface area contributed by atoms with Crippen molar-refractivity contribution in [2.45, 2.75) is 19.4 Å². The molecule has 5 heteroatoms. The number of hydrogen-bond acceptors (Lipinski definition) is 2. The molecule has 2 aromatic rings. The fourth-order valence-corrected chi connectivity index (χ4v) is 2.96. The minimum Gasteiger partial charge on any atom is -0.496 e. The largest absolute Gasteiger partial charge is 0.496 e. The van der Waals surface area contributed by atoms with Gasteiger partial charge in [-0.3, -0.25) is 4.79 Å². The number of ether oxygens (including phenoxy) is 1. The summed E-state index contributed by atoms with van der Waals surface area (Å²) in [4.78, 5) is 14.0. The highest BCUT2D eigenvalue weighted by Gasteiger charge is 2.14. The van der Waals surface area contributed by atoms with Crippen LogP contribution in [0.4, 0.5) is 0 Å². The van der Waals surface area contributed by atoms with E-state index in [9.17, 15) is 4.79 Å². The first kappa shape index (κ1) is 17.6. The van der Waals surface area contributed by atoms with E-state index in [1.807, 2.05) is 24.3 Å². The second kappa shape index (κ2) is 8.23. The Labute approximate surface area is 146 Å². The van der Waals surface area contributed by atoms with Gasteiger partial charge in [0.05, 0.1) is 7.11 Å². The van der Waals surface area contributed by atoms with Gasteiger partial charge in [0.15, 0.2) is 0 Å². The van der Waals surface area contributed by atoms with E-state index in [1.54, 1.807) is 37.3 Å². The predicted octanol–water partition coefficient (Wildman–Crippen LogP) is 4.59. The van der Waals surface area contributed by atoms with Crippen LogP contribution >= 0.6 is 23.2 Å². The van der Waals surface area contributed by atoms with Gasteiger partial charge in [-0.15, -0.1) is 0 Å². The lowest BCUT2D eigenvalue weighted by Crippen LogP contribution is -2.26. The molecule has 0 aliphatic heterocycles. The van der Waals surface area contributed by atoms with Gasteiger partial charge in [0.2, 0.25) is 5.91 Å². The summed E-state index contributed by atoms with van der Waals surface area (Å²) in [6.07, 6.45) is 0.878. The summed E-state index contributed by atoms with van der Waals surface area (Å²) < 4.78 is 5.31. The second-order valence-corrected chi connectivity index (χ2v) is 6.08. The van der Waals surface area contributed by atoms with Crippen molar-refractivity contribution in [1.29, 1.82) is 0 Å². The molecule has 0 unspecified atom stereocenters. The number of amides is 1. The number of para-hydroxylation sites is 1. The molecule has 2 aromatic carbocycles. The maximum absolute atomic E-state index is 12.3. The van der Waals surface area contributed by atoms with Crippen LogP contribution in [0.2, 0.25) is 10.0 Å². The van der Waals surface area contributed by atoms with E-state index in [-0.39, 0.29) is 5.91 Å². The van der Waals surface area contributed by atoms with Crippen LogP contribution in [0.1, 0.15) is 17.5 Å². The van der Waals surface area contributed by atoms with Crippen LogP contribution in [-0.4, -0.2) is 25.0 Å². The molecule has 0 aliphatic rings. The Hall–Kier alpha value is -1.71. The zero-order chi connectivity index (χ0) is 16.8. The molecule has 0 aliphatic carbocycles. The molecule has 122 valence electrons. The van der Waals surface area contributed by atoms with Gasteiger partial charge >= 0.3 is 0 Å². The van der Waals surface area contributed by atoms with Gasteiger partial charge in [0.25, 0.3) is 0 Å². The highest BCUT2D eigenvalue weighted by atomic mass is 35.5. The molecule has 0 aromatic heterocycles. The summed E-state index contributed by atoms with van der Waals surface area (Å²) in [5.74, 6) is 0.813. The Morgan fingerprint density at radius 1 is 1.09 bits per heavy atom. The van der Waals surface area contributed by atoms with Crippen LogP contribution in [0, 0.1) is 0 Å². The highest BCUT2D eigenvalue weighted by Crippen LogP contribution is 2.26. The smallest absolute Gasteiger partial charge is 0.222 e. The highest BCUT2D eigenvalue weighted by molar-refractivity contribution is 6.36. The number of rotatable bonds is 6. The van der Waals surface area contributed by atoms with Crippen molar-refractivity contribution < 1.29 is 9.53 Å². The van der Waals surface area contributed by atoms with Crippen LogP contribution in [0.5, 0.6) is 5.75 Å². The number of benzene rings is 2. The van der Waals surface area contributed by atoms with Crippen LogP contribution in [-0.2, 0) is 17.8 Å². The monoisotopic (exact) mass is 351 g/mol. The zero-order valence-electron chi connectivity index (χ0n) is 13.2. The van der Waals surface area contributed by atoms with Crippen molar-refractivity contribution in [2.75, 3.05) is 14.2 Å². The van der Waals surface area contributed by atoms with Crippen molar-refractivity contribution in [3.8, 4) is 5.75 Å². The fraction of sp³-hybridized carbons (Fsp3) is 0.278. The fourth-order valence-electron chi connectivity index (χ4n) is 2.37. The summed E-state index contributed by atoms with van der Waals surface area (Å²) in [7, 11) is 3.41. The molecule has 3 nitrogen and oxygen atoms in total. The molecule has 0 atom stereocenters. The van der Waals surface area contributed by atoms with E-state index in [0.29, 0.717) is 29.4 Å². The SMILES string of the molecule is COc1ccccc1CN(C)C(=O)CCc1c(Cl)cccc1Cl. The summed E-state index contributed by atoms with van der Waals surface area (Å²) >= 11 is 12.3. The first-order valence-corrected chi connectivity index (χ1v) is 8.07. The quantitative estimate of drug-likeness (QED) is 0.761.